The third-order valence-corrected chi connectivity index (χ3v) is 20.0. The first kappa shape index (κ1) is 93.1. The molecule has 0 bridgehead atoms. The average molecular weight is 1400 g/mol. The molecule has 0 aromatic carbocycles. The largest absolute Gasteiger partial charge is 0.472 e. The van der Waals surface area contributed by atoms with Crippen LogP contribution in [0.25, 0.3) is 0 Å². The summed E-state index contributed by atoms with van der Waals surface area (Å²) in [6.45, 7) is 7.23. The molecule has 0 amide bonds. The molecule has 3 N–H and O–H groups in total. The fraction of sp³-hybridized carbons (Fsp3) is 0.947. The number of esters is 4. The molecule has 6 atom stereocenters. The summed E-state index contributed by atoms with van der Waals surface area (Å²) in [4.78, 5) is 72.7. The summed E-state index contributed by atoms with van der Waals surface area (Å²) in [6.07, 6.45) is 58.4. The normalized spacial score (nSPS) is 14.2. The van der Waals surface area contributed by atoms with E-state index in [0.717, 1.165) is 95.8 Å². The van der Waals surface area contributed by atoms with Crippen molar-refractivity contribution < 1.29 is 80.2 Å². The fourth-order valence-electron chi connectivity index (χ4n) is 11.7. The maximum absolute atomic E-state index is 13.1. The standard InChI is InChI=1S/C76H148O17P2/c1-6-10-13-16-19-22-24-26-28-30-32-34-36-38-41-44-50-55-60-74(79)87-65-71(92-75(80)61-56-51-45-42-39-37-35-33-31-29-27-25-23-20-17-14-11-7-2)67-90-94(82,83)88-63-70(77)64-89-95(84,85)91-68-72(66-86-73(78)59-54-49-43-40-21-18-15-12-8-3)93-76(81)62-57-52-47-46-48-53-58-69(5)9-4/h69-72,77H,6-68H2,1-5H3,(H,82,83)(H,84,85)/t69?,70-,71-,72-/m1/s1. The third-order valence-electron chi connectivity index (χ3n) is 18.1. The zero-order valence-corrected chi connectivity index (χ0v) is 63.6. The minimum Gasteiger partial charge on any atom is -0.462 e. The minimum absolute atomic E-state index is 0.103. The molecule has 0 spiro atoms. The van der Waals surface area contributed by atoms with E-state index in [1.54, 1.807) is 0 Å². The van der Waals surface area contributed by atoms with Gasteiger partial charge in [-0.2, -0.15) is 0 Å². The van der Waals surface area contributed by atoms with Gasteiger partial charge < -0.3 is 33.8 Å². The summed E-state index contributed by atoms with van der Waals surface area (Å²) in [5.41, 5.74) is 0. The highest BCUT2D eigenvalue weighted by Gasteiger charge is 2.30. The average Bonchev–Trinajstić information content (AvgIpc) is 1.25. The van der Waals surface area contributed by atoms with Gasteiger partial charge in [0.2, 0.25) is 0 Å². The van der Waals surface area contributed by atoms with Crippen molar-refractivity contribution in [2.75, 3.05) is 39.6 Å². The lowest BCUT2D eigenvalue weighted by Gasteiger charge is -2.21. The van der Waals surface area contributed by atoms with Gasteiger partial charge in [0.1, 0.15) is 19.3 Å². The van der Waals surface area contributed by atoms with Crippen molar-refractivity contribution in [3.8, 4) is 0 Å². The molecule has 3 unspecified atom stereocenters. The number of rotatable bonds is 76. The van der Waals surface area contributed by atoms with Crippen LogP contribution in [0.2, 0.25) is 0 Å². The Morgan fingerprint density at radius 1 is 0.295 bits per heavy atom. The van der Waals surface area contributed by atoms with Crippen LogP contribution in [0.15, 0.2) is 0 Å². The van der Waals surface area contributed by atoms with E-state index in [-0.39, 0.29) is 25.7 Å². The van der Waals surface area contributed by atoms with E-state index in [9.17, 15) is 43.2 Å². The second-order valence-corrected chi connectivity index (χ2v) is 30.5. The van der Waals surface area contributed by atoms with E-state index in [0.29, 0.717) is 25.7 Å². The lowest BCUT2D eigenvalue weighted by molar-refractivity contribution is -0.161. The highest BCUT2D eigenvalue weighted by atomic mass is 31.2. The molecule has 19 heteroatoms. The first-order valence-corrected chi connectivity index (χ1v) is 42.7. The van der Waals surface area contributed by atoms with Crippen molar-refractivity contribution in [1.29, 1.82) is 0 Å². The van der Waals surface area contributed by atoms with Crippen LogP contribution in [0.3, 0.4) is 0 Å². The first-order valence-electron chi connectivity index (χ1n) is 39.7. The SMILES string of the molecule is CCCCCCCCCCCCCCCCCCCCC(=O)OC[C@H](COP(=O)(O)OC[C@@H](O)COP(=O)(O)OC[C@@H](COC(=O)CCCCCCCCCCC)OC(=O)CCCCCCCCC(C)CC)OC(=O)CCCCCCCCCCCCCCCCCCCC. The number of carbonyl (C=O) groups is 4. The number of hydrogen-bond acceptors (Lipinski definition) is 15. The molecule has 0 aromatic heterocycles. The smallest absolute Gasteiger partial charge is 0.462 e. The summed E-state index contributed by atoms with van der Waals surface area (Å²) < 4.78 is 68.4. The van der Waals surface area contributed by atoms with E-state index in [1.807, 2.05) is 0 Å². The lowest BCUT2D eigenvalue weighted by Crippen LogP contribution is -2.30. The molecule has 564 valence electrons. The van der Waals surface area contributed by atoms with Gasteiger partial charge in [0.25, 0.3) is 0 Å². The molecule has 0 radical (unpaired) electrons. The Bertz CT molecular complexity index is 1820. The highest BCUT2D eigenvalue weighted by molar-refractivity contribution is 7.47. The van der Waals surface area contributed by atoms with E-state index in [2.05, 4.69) is 34.6 Å². The number of carbonyl (C=O) groups excluding carboxylic acids is 4. The predicted octanol–water partition coefficient (Wildman–Crippen LogP) is 22.5. The summed E-state index contributed by atoms with van der Waals surface area (Å²) in [5, 5.41) is 10.6. The Balaban J connectivity index is 5.20. The van der Waals surface area contributed by atoms with Gasteiger partial charge in [-0.15, -0.1) is 0 Å². The number of hydrogen-bond donors (Lipinski definition) is 3. The Labute approximate surface area is 581 Å². The molecule has 0 saturated carbocycles. The first-order chi connectivity index (χ1) is 46.1. The molecule has 0 aliphatic carbocycles. The second kappa shape index (κ2) is 69.2. The van der Waals surface area contributed by atoms with Gasteiger partial charge in [-0.05, 0) is 31.6 Å². The molecule has 0 aliphatic heterocycles. The number of aliphatic hydroxyl groups excluding tert-OH is 1. The van der Waals surface area contributed by atoms with Crippen LogP contribution in [0.4, 0.5) is 0 Å². The van der Waals surface area contributed by atoms with Gasteiger partial charge in [-0.1, -0.05) is 349 Å². The van der Waals surface area contributed by atoms with Gasteiger partial charge in [-0.3, -0.25) is 37.3 Å². The van der Waals surface area contributed by atoms with E-state index in [1.165, 1.54) is 225 Å². The Morgan fingerprint density at radius 2 is 0.505 bits per heavy atom. The van der Waals surface area contributed by atoms with Crippen LogP contribution >= 0.6 is 15.6 Å². The van der Waals surface area contributed by atoms with Crippen molar-refractivity contribution in [3.05, 3.63) is 0 Å². The second-order valence-electron chi connectivity index (χ2n) is 27.6. The van der Waals surface area contributed by atoms with Gasteiger partial charge in [-0.25, -0.2) is 9.13 Å². The molecule has 0 aromatic rings. The molecule has 0 rings (SSSR count). The summed E-state index contributed by atoms with van der Waals surface area (Å²) in [7, 11) is -9.91. The van der Waals surface area contributed by atoms with Crippen LogP contribution in [-0.2, 0) is 65.4 Å². The number of phosphoric ester groups is 2. The molecule has 95 heavy (non-hydrogen) atoms. The van der Waals surface area contributed by atoms with E-state index < -0.39 is 97.5 Å². The molecule has 0 aliphatic rings. The summed E-state index contributed by atoms with van der Waals surface area (Å²) >= 11 is 0. The lowest BCUT2D eigenvalue weighted by atomic mass is 10.00. The molecule has 0 heterocycles. The van der Waals surface area contributed by atoms with Crippen molar-refractivity contribution in [3.63, 3.8) is 0 Å². The van der Waals surface area contributed by atoms with Gasteiger partial charge in [0.05, 0.1) is 26.4 Å². The van der Waals surface area contributed by atoms with Crippen LogP contribution in [0, 0.1) is 5.92 Å². The van der Waals surface area contributed by atoms with E-state index in [4.69, 9.17) is 37.0 Å². The van der Waals surface area contributed by atoms with Gasteiger partial charge >= 0.3 is 39.5 Å². The van der Waals surface area contributed by atoms with Crippen LogP contribution in [0.5, 0.6) is 0 Å². The molecule has 0 saturated heterocycles. The zero-order chi connectivity index (χ0) is 69.8. The van der Waals surface area contributed by atoms with Crippen molar-refractivity contribution in [1.82, 2.24) is 0 Å². The topological polar surface area (TPSA) is 237 Å². The summed E-state index contributed by atoms with van der Waals surface area (Å²) in [6, 6.07) is 0. The minimum atomic E-state index is -4.96. The zero-order valence-electron chi connectivity index (χ0n) is 61.8. The number of phosphoric acid groups is 2. The molecular formula is C76H148O17P2. The van der Waals surface area contributed by atoms with Crippen molar-refractivity contribution in [2.45, 2.75) is 419 Å². The van der Waals surface area contributed by atoms with Crippen molar-refractivity contribution >= 4 is 39.5 Å². The Kier molecular flexibility index (Phi) is 67.7. The predicted molar refractivity (Wildman–Crippen MR) is 386 cm³/mol. The molecule has 17 nitrogen and oxygen atoms in total. The molecule has 0 fully saturated rings. The number of aliphatic hydroxyl groups is 1. The quantitative estimate of drug-likeness (QED) is 0.0222. The van der Waals surface area contributed by atoms with Crippen LogP contribution < -0.4 is 0 Å². The van der Waals surface area contributed by atoms with Crippen LogP contribution in [-0.4, -0.2) is 96.7 Å². The third kappa shape index (κ3) is 69.0. The van der Waals surface area contributed by atoms with Crippen molar-refractivity contribution in [2.24, 2.45) is 5.92 Å². The Hall–Kier alpha value is -1.94. The van der Waals surface area contributed by atoms with Gasteiger partial charge in [0, 0.05) is 25.7 Å². The van der Waals surface area contributed by atoms with Gasteiger partial charge in [0.15, 0.2) is 12.2 Å². The molecular weight excluding hydrogens is 1250 g/mol. The summed E-state index contributed by atoms with van der Waals surface area (Å²) in [5.74, 6) is -1.40. The number of ether oxygens (including phenoxy) is 4. The highest BCUT2D eigenvalue weighted by Crippen LogP contribution is 2.45. The Morgan fingerprint density at radius 3 is 0.747 bits per heavy atom. The number of unbranched alkanes of at least 4 members (excludes halogenated alkanes) is 47. The fourth-order valence-corrected chi connectivity index (χ4v) is 13.3. The van der Waals surface area contributed by atoms with Crippen LogP contribution in [0.1, 0.15) is 401 Å². The monoisotopic (exact) mass is 1400 g/mol. The van der Waals surface area contributed by atoms with E-state index >= 15 is 0 Å². The maximum Gasteiger partial charge on any atom is 0.472 e. The maximum atomic E-state index is 13.1.